The third kappa shape index (κ3) is 6.50. The standard InChI is InChI=1S/C12H24F3N3O2S/c1-3-6-16-10(2)11-5-4-7-18(8-11)21(19,20)17-9-12(13,14)15/h10-11,16-17H,3-9H2,1-2H3. The van der Waals surface area contributed by atoms with Gasteiger partial charge in [0.25, 0.3) is 10.2 Å². The Morgan fingerprint density at radius 1 is 1.38 bits per heavy atom. The predicted octanol–water partition coefficient (Wildman–Crippen LogP) is 1.48. The molecular formula is C12H24F3N3O2S. The van der Waals surface area contributed by atoms with E-state index >= 15 is 0 Å². The molecule has 1 aliphatic heterocycles. The van der Waals surface area contributed by atoms with E-state index in [2.05, 4.69) is 5.32 Å². The van der Waals surface area contributed by atoms with Crippen LogP contribution in [0.25, 0.3) is 0 Å². The van der Waals surface area contributed by atoms with E-state index in [0.717, 1.165) is 23.7 Å². The number of piperidine rings is 1. The van der Waals surface area contributed by atoms with Gasteiger partial charge in [0.2, 0.25) is 0 Å². The SMILES string of the molecule is CCCNC(C)C1CCCN(S(=O)(=O)NCC(F)(F)F)C1. The summed E-state index contributed by atoms with van der Waals surface area (Å²) < 4.78 is 63.0. The van der Waals surface area contributed by atoms with Crippen molar-refractivity contribution in [2.75, 3.05) is 26.2 Å². The molecular weight excluding hydrogens is 307 g/mol. The van der Waals surface area contributed by atoms with E-state index in [1.165, 1.54) is 0 Å². The lowest BCUT2D eigenvalue weighted by molar-refractivity contribution is -0.121. The highest BCUT2D eigenvalue weighted by Crippen LogP contribution is 2.22. The van der Waals surface area contributed by atoms with Crippen LogP contribution in [0.2, 0.25) is 0 Å². The molecule has 2 atom stereocenters. The summed E-state index contributed by atoms with van der Waals surface area (Å²) >= 11 is 0. The minimum Gasteiger partial charge on any atom is -0.314 e. The zero-order valence-corrected chi connectivity index (χ0v) is 13.2. The second-order valence-corrected chi connectivity index (χ2v) is 7.20. The van der Waals surface area contributed by atoms with Gasteiger partial charge in [-0.25, -0.2) is 0 Å². The third-order valence-corrected chi connectivity index (χ3v) is 5.16. The first-order valence-corrected chi connectivity index (χ1v) is 8.64. The van der Waals surface area contributed by atoms with Crippen LogP contribution in [0.5, 0.6) is 0 Å². The van der Waals surface area contributed by atoms with Crippen LogP contribution in [-0.2, 0) is 10.2 Å². The Hall–Kier alpha value is -0.380. The van der Waals surface area contributed by atoms with E-state index in [1.54, 1.807) is 4.72 Å². The summed E-state index contributed by atoms with van der Waals surface area (Å²) in [6, 6.07) is 0.144. The monoisotopic (exact) mass is 331 g/mol. The van der Waals surface area contributed by atoms with Gasteiger partial charge in [-0.05, 0) is 38.6 Å². The maximum atomic E-state index is 12.1. The molecule has 126 valence electrons. The normalized spacial score (nSPS) is 23.2. The molecule has 9 heteroatoms. The summed E-state index contributed by atoms with van der Waals surface area (Å²) in [6.45, 7) is 3.87. The highest BCUT2D eigenvalue weighted by atomic mass is 32.2. The Morgan fingerprint density at radius 3 is 2.62 bits per heavy atom. The number of alkyl halides is 3. The van der Waals surface area contributed by atoms with Gasteiger partial charge in [-0.1, -0.05) is 6.92 Å². The molecule has 2 unspecified atom stereocenters. The number of hydrogen-bond donors (Lipinski definition) is 2. The Labute approximate surface area is 124 Å². The van der Waals surface area contributed by atoms with E-state index in [0.29, 0.717) is 6.42 Å². The Bertz CT molecular complexity index is 414. The summed E-state index contributed by atoms with van der Waals surface area (Å²) in [5.41, 5.74) is 0. The average Bonchev–Trinajstić information content (AvgIpc) is 2.42. The van der Waals surface area contributed by atoms with Crippen LogP contribution in [0, 0.1) is 5.92 Å². The van der Waals surface area contributed by atoms with Gasteiger partial charge >= 0.3 is 6.18 Å². The first kappa shape index (κ1) is 18.7. The second kappa shape index (κ2) is 7.75. The van der Waals surface area contributed by atoms with E-state index in [9.17, 15) is 21.6 Å². The van der Waals surface area contributed by atoms with Crippen LogP contribution < -0.4 is 10.0 Å². The van der Waals surface area contributed by atoms with Crippen molar-refractivity contribution in [2.24, 2.45) is 5.92 Å². The van der Waals surface area contributed by atoms with Crippen LogP contribution in [0.4, 0.5) is 13.2 Å². The number of rotatable bonds is 7. The Morgan fingerprint density at radius 2 is 2.05 bits per heavy atom. The number of hydrogen-bond acceptors (Lipinski definition) is 3. The van der Waals surface area contributed by atoms with Crippen LogP contribution in [0.15, 0.2) is 0 Å². The largest absolute Gasteiger partial charge is 0.402 e. The zero-order valence-electron chi connectivity index (χ0n) is 12.4. The maximum Gasteiger partial charge on any atom is 0.402 e. The molecule has 0 radical (unpaired) electrons. The predicted molar refractivity (Wildman–Crippen MR) is 75.0 cm³/mol. The van der Waals surface area contributed by atoms with Crippen LogP contribution >= 0.6 is 0 Å². The van der Waals surface area contributed by atoms with Crippen molar-refractivity contribution in [3.05, 3.63) is 0 Å². The van der Waals surface area contributed by atoms with Crippen molar-refractivity contribution in [3.8, 4) is 0 Å². The molecule has 1 rings (SSSR count). The lowest BCUT2D eigenvalue weighted by Crippen LogP contribution is -2.51. The van der Waals surface area contributed by atoms with Gasteiger partial charge < -0.3 is 5.32 Å². The molecule has 0 aliphatic carbocycles. The fourth-order valence-corrected chi connectivity index (χ4v) is 3.69. The molecule has 21 heavy (non-hydrogen) atoms. The molecule has 0 saturated carbocycles. The van der Waals surface area contributed by atoms with Crippen molar-refractivity contribution in [3.63, 3.8) is 0 Å². The molecule has 0 spiro atoms. The molecule has 1 saturated heterocycles. The van der Waals surface area contributed by atoms with Crippen molar-refractivity contribution in [1.29, 1.82) is 0 Å². The minimum absolute atomic E-state index is 0.118. The summed E-state index contributed by atoms with van der Waals surface area (Å²) in [5.74, 6) is 0.118. The topological polar surface area (TPSA) is 61.4 Å². The van der Waals surface area contributed by atoms with Gasteiger partial charge in [0.1, 0.15) is 6.54 Å². The van der Waals surface area contributed by atoms with E-state index in [-0.39, 0.29) is 25.0 Å². The first-order valence-electron chi connectivity index (χ1n) is 7.20. The smallest absolute Gasteiger partial charge is 0.314 e. The first-order chi connectivity index (χ1) is 9.65. The summed E-state index contributed by atoms with van der Waals surface area (Å²) in [6.07, 6.45) is -2.02. The zero-order chi connectivity index (χ0) is 16.1. The quantitative estimate of drug-likeness (QED) is 0.743. The molecule has 0 aromatic heterocycles. The molecule has 2 N–H and O–H groups in total. The van der Waals surface area contributed by atoms with Crippen LogP contribution in [0.3, 0.4) is 0 Å². The molecule has 5 nitrogen and oxygen atoms in total. The highest BCUT2D eigenvalue weighted by molar-refractivity contribution is 7.87. The molecule has 1 fully saturated rings. The van der Waals surface area contributed by atoms with Crippen molar-refractivity contribution in [1.82, 2.24) is 14.3 Å². The molecule has 1 heterocycles. The lowest BCUT2D eigenvalue weighted by atomic mass is 9.93. The summed E-state index contributed by atoms with van der Waals surface area (Å²) in [5, 5.41) is 3.31. The molecule has 0 aromatic rings. The van der Waals surface area contributed by atoms with Crippen LogP contribution in [-0.4, -0.2) is 51.1 Å². The number of nitrogens with one attached hydrogen (secondary N) is 2. The molecule has 0 bridgehead atoms. The molecule has 1 aliphatic rings. The van der Waals surface area contributed by atoms with E-state index in [1.807, 2.05) is 13.8 Å². The third-order valence-electron chi connectivity index (χ3n) is 3.64. The lowest BCUT2D eigenvalue weighted by Gasteiger charge is -2.35. The molecule has 0 aromatic carbocycles. The Kier molecular flexibility index (Phi) is 6.89. The number of halogens is 3. The highest BCUT2D eigenvalue weighted by Gasteiger charge is 2.34. The summed E-state index contributed by atoms with van der Waals surface area (Å²) in [4.78, 5) is 0. The number of nitrogens with zero attached hydrogens (tertiary/aromatic N) is 1. The van der Waals surface area contributed by atoms with Gasteiger partial charge in [0.05, 0.1) is 0 Å². The van der Waals surface area contributed by atoms with Crippen molar-refractivity contribution < 1.29 is 21.6 Å². The minimum atomic E-state index is -4.54. The Balaban J connectivity index is 2.58. The van der Waals surface area contributed by atoms with Gasteiger partial charge in [-0.15, -0.1) is 0 Å². The van der Waals surface area contributed by atoms with Gasteiger partial charge in [-0.3, -0.25) is 0 Å². The van der Waals surface area contributed by atoms with Gasteiger partial charge in [-0.2, -0.15) is 30.6 Å². The average molecular weight is 331 g/mol. The van der Waals surface area contributed by atoms with Gasteiger partial charge in [0, 0.05) is 19.1 Å². The van der Waals surface area contributed by atoms with Crippen molar-refractivity contribution >= 4 is 10.2 Å². The van der Waals surface area contributed by atoms with E-state index in [4.69, 9.17) is 0 Å². The fraction of sp³-hybridized carbons (Fsp3) is 1.00. The second-order valence-electron chi connectivity index (χ2n) is 5.44. The van der Waals surface area contributed by atoms with Crippen molar-refractivity contribution in [2.45, 2.75) is 45.3 Å². The maximum absolute atomic E-state index is 12.1. The summed E-state index contributed by atoms with van der Waals surface area (Å²) in [7, 11) is -4.07. The fourth-order valence-electron chi connectivity index (χ4n) is 2.40. The van der Waals surface area contributed by atoms with E-state index < -0.39 is 22.9 Å². The van der Waals surface area contributed by atoms with Gasteiger partial charge in [0.15, 0.2) is 0 Å². The molecule has 0 amide bonds. The van der Waals surface area contributed by atoms with Crippen LogP contribution in [0.1, 0.15) is 33.1 Å².